The molecule has 1 saturated heterocycles. The Morgan fingerprint density at radius 1 is 0.786 bits per heavy atom. The van der Waals surface area contributed by atoms with E-state index in [1.807, 2.05) is 25.2 Å². The number of aliphatic hydroxyl groups is 5. The van der Waals surface area contributed by atoms with Crippen molar-refractivity contribution in [2.45, 2.75) is 196 Å². The van der Waals surface area contributed by atoms with Crippen molar-refractivity contribution < 1.29 is 44.6 Å². The molecule has 16 bridgehead atoms. The molecule has 3 aliphatic heterocycles. The van der Waals surface area contributed by atoms with Gasteiger partial charge in [0.2, 0.25) is 0 Å². The fourth-order valence-electron chi connectivity index (χ4n) is 25.7. The summed E-state index contributed by atoms with van der Waals surface area (Å²) in [5.41, 5.74) is -1.92. The van der Waals surface area contributed by atoms with Crippen LogP contribution < -0.4 is 5.32 Å². The molecule has 0 amide bonds. The van der Waals surface area contributed by atoms with Crippen LogP contribution in [0.4, 0.5) is 0 Å². The lowest BCUT2D eigenvalue weighted by atomic mass is 9.31. The number of aliphatic hydroxyl groups excluding tert-OH is 2. The number of esters is 1. The Bertz CT molecular complexity index is 3220. The van der Waals surface area contributed by atoms with Crippen LogP contribution in [0.2, 0.25) is 0 Å². The fraction of sp³-hybridized carbons (Fsp3) is 0.676. The molecule has 10 nitrogen and oxygen atoms in total. The maximum atomic E-state index is 15.9. The molecule has 14 aliphatic rings. The SMILES string of the molecule is CN[C@@H]1Cc2c(cccc2CO)C#CCC[C@]23CC[C@H]4[C@@](O)(C[C@@H]5C[C@@H]6CC[C@@H]7[C@H]8O[C@H](Cc9cccc(c9)C[C@H]9CC[C@H](C9)[C@@H]6C)[C@@H]6CC[C@H]9[C@@H](CCc%10ccccc%10)C[C@@H]6[C@@]89C[C@@]4(C=O)[C@]57O)[C@@]2(O)C[C@@H]2C[C@@H]1[C@@H]1OC(=O)C=C1[C@@]23CO. The van der Waals surface area contributed by atoms with Gasteiger partial charge in [-0.25, -0.2) is 4.79 Å². The van der Waals surface area contributed by atoms with E-state index in [-0.39, 0.29) is 85.7 Å². The van der Waals surface area contributed by atoms with Gasteiger partial charge in [-0.1, -0.05) is 85.5 Å². The second-order valence-corrected chi connectivity index (χ2v) is 30.8. The minimum atomic E-state index is -1.86. The van der Waals surface area contributed by atoms with Gasteiger partial charge < -0.3 is 45.1 Å². The van der Waals surface area contributed by atoms with E-state index >= 15 is 20.1 Å². The summed E-state index contributed by atoms with van der Waals surface area (Å²) < 4.78 is 14.6. The normalized spacial score (nSPS) is 48.8. The Kier molecular flexibility index (Phi) is 12.9. The molecular weight excluding hydrogens is 1050 g/mol. The van der Waals surface area contributed by atoms with Crippen LogP contribution >= 0.6 is 0 Å². The van der Waals surface area contributed by atoms with Gasteiger partial charge in [-0.2, -0.15) is 0 Å². The first-order chi connectivity index (χ1) is 40.7. The van der Waals surface area contributed by atoms with Gasteiger partial charge in [-0.05, 0) is 241 Å². The van der Waals surface area contributed by atoms with Gasteiger partial charge in [0.25, 0.3) is 0 Å². The Hall–Kier alpha value is -4.18. The van der Waals surface area contributed by atoms with Crippen LogP contribution in [0.1, 0.15) is 156 Å². The highest BCUT2D eigenvalue weighted by Gasteiger charge is 2.88. The van der Waals surface area contributed by atoms with Crippen molar-refractivity contribution in [3.8, 4) is 11.8 Å². The van der Waals surface area contributed by atoms with Gasteiger partial charge in [0.1, 0.15) is 18.0 Å². The second kappa shape index (κ2) is 19.7. The summed E-state index contributed by atoms with van der Waals surface area (Å²) >= 11 is 0. The summed E-state index contributed by atoms with van der Waals surface area (Å²) in [5.74, 6) is 7.38. The number of carbonyl (C=O) groups excluding carboxylic acids is 2. The molecule has 6 N–H and O–H groups in total. The zero-order valence-electron chi connectivity index (χ0n) is 49.7. The summed E-state index contributed by atoms with van der Waals surface area (Å²) in [6.07, 6.45) is 18.3. The molecule has 3 heterocycles. The third kappa shape index (κ3) is 7.13. The molecule has 9 saturated carbocycles. The largest absolute Gasteiger partial charge is 0.454 e. The first kappa shape index (κ1) is 55.2. The quantitative estimate of drug-likeness (QED) is 0.0762. The fourth-order valence-corrected chi connectivity index (χ4v) is 25.7. The van der Waals surface area contributed by atoms with Crippen LogP contribution in [-0.4, -0.2) is 92.6 Å². The van der Waals surface area contributed by atoms with Crippen molar-refractivity contribution in [3.63, 3.8) is 0 Å². The van der Waals surface area contributed by atoms with E-state index in [0.29, 0.717) is 75.0 Å². The number of nitrogens with one attached hydrogen (secondary N) is 1. The topological polar surface area (TPSA) is 166 Å². The molecule has 10 fully saturated rings. The number of ether oxygens (including phenoxy) is 2. The van der Waals surface area contributed by atoms with Gasteiger partial charge in [0.15, 0.2) is 0 Å². The molecule has 24 atom stereocenters. The number of aldehydes is 1. The third-order valence-electron chi connectivity index (χ3n) is 28.8. The van der Waals surface area contributed by atoms with Crippen molar-refractivity contribution in [1.29, 1.82) is 0 Å². The zero-order chi connectivity index (χ0) is 57.3. The molecule has 0 radical (unpaired) electrons. The molecular formula is C74H91NO9. The van der Waals surface area contributed by atoms with Gasteiger partial charge in [-0.3, -0.25) is 0 Å². The average Bonchev–Trinajstić information content (AvgIpc) is 1.26. The predicted octanol–water partition coefficient (Wildman–Crippen LogP) is 9.84. The van der Waals surface area contributed by atoms with Crippen LogP contribution in [-0.2, 0) is 51.4 Å². The van der Waals surface area contributed by atoms with Crippen molar-refractivity contribution in [2.24, 2.45) is 98.6 Å². The number of likely N-dealkylation sites (N-methyl/N-ethyl adjacent to an activating group) is 1. The first-order valence-corrected chi connectivity index (χ1v) is 33.5. The maximum Gasteiger partial charge on any atom is 0.331 e. The smallest absolute Gasteiger partial charge is 0.331 e. The summed E-state index contributed by atoms with van der Waals surface area (Å²) in [6.45, 7) is 2.01. The van der Waals surface area contributed by atoms with Crippen LogP contribution in [0.5, 0.6) is 0 Å². The zero-order valence-corrected chi connectivity index (χ0v) is 49.7. The number of rotatable bonds is 7. The van der Waals surface area contributed by atoms with E-state index in [1.54, 1.807) is 6.08 Å². The van der Waals surface area contributed by atoms with E-state index in [1.165, 1.54) is 42.2 Å². The average molecular weight is 1140 g/mol. The Labute approximate surface area is 497 Å². The van der Waals surface area contributed by atoms with E-state index in [0.717, 1.165) is 80.1 Å². The van der Waals surface area contributed by atoms with E-state index < -0.39 is 62.4 Å². The number of fused-ring (bicyclic) bond motifs is 14. The Morgan fingerprint density at radius 2 is 1.58 bits per heavy atom. The minimum absolute atomic E-state index is 0.0117. The molecule has 11 aliphatic carbocycles. The van der Waals surface area contributed by atoms with Crippen molar-refractivity contribution >= 4 is 12.3 Å². The van der Waals surface area contributed by atoms with Crippen LogP contribution in [0, 0.1) is 110 Å². The lowest BCUT2D eigenvalue weighted by Gasteiger charge is -2.76. The van der Waals surface area contributed by atoms with E-state index in [2.05, 4.69) is 78.7 Å². The number of benzene rings is 3. The highest BCUT2D eigenvalue weighted by atomic mass is 16.5. The molecule has 0 unspecified atom stereocenters. The molecule has 2 spiro atoms. The van der Waals surface area contributed by atoms with E-state index in [4.69, 9.17) is 9.47 Å². The number of carbonyl (C=O) groups is 2. The number of hydrogen-bond donors (Lipinski definition) is 6. The predicted molar refractivity (Wildman–Crippen MR) is 318 cm³/mol. The molecule has 3 aromatic carbocycles. The van der Waals surface area contributed by atoms with Crippen molar-refractivity contribution in [1.82, 2.24) is 5.32 Å². The van der Waals surface area contributed by atoms with Crippen molar-refractivity contribution in [2.75, 3.05) is 13.7 Å². The van der Waals surface area contributed by atoms with Gasteiger partial charge in [0, 0.05) is 58.1 Å². The van der Waals surface area contributed by atoms with Crippen LogP contribution in [0.15, 0.2) is 84.4 Å². The molecule has 3 aromatic rings. The molecule has 446 valence electrons. The maximum absolute atomic E-state index is 15.9. The highest BCUT2D eigenvalue weighted by Crippen LogP contribution is 2.84. The lowest BCUT2D eigenvalue weighted by Crippen LogP contribution is -2.84. The van der Waals surface area contributed by atoms with Gasteiger partial charge in [0.05, 0.1) is 42.0 Å². The van der Waals surface area contributed by atoms with Gasteiger partial charge in [-0.15, -0.1) is 0 Å². The highest BCUT2D eigenvalue weighted by molar-refractivity contribution is 5.87. The summed E-state index contributed by atoms with van der Waals surface area (Å²) in [5, 5.41) is 72.8. The summed E-state index contributed by atoms with van der Waals surface area (Å²) in [4.78, 5) is 30.1. The lowest BCUT2D eigenvalue weighted by molar-refractivity contribution is -0.379. The number of aryl methyl sites for hydroxylation is 1. The molecule has 17 rings (SSSR count). The number of hydrogen-bond acceptors (Lipinski definition) is 10. The van der Waals surface area contributed by atoms with Crippen LogP contribution in [0.3, 0.4) is 0 Å². The monoisotopic (exact) mass is 1140 g/mol. The molecule has 84 heavy (non-hydrogen) atoms. The van der Waals surface area contributed by atoms with E-state index in [9.17, 15) is 15.0 Å². The molecule has 10 heteroatoms. The van der Waals surface area contributed by atoms with Crippen molar-refractivity contribution in [3.05, 3.63) is 118 Å². The second-order valence-electron chi connectivity index (χ2n) is 30.8. The summed E-state index contributed by atoms with van der Waals surface area (Å²) in [7, 11) is 1.94. The van der Waals surface area contributed by atoms with Gasteiger partial charge >= 0.3 is 5.97 Å². The molecule has 0 aromatic heterocycles. The standard InChI is InChI=1S/C74H91NO9/c1-43-49-19-18-47(30-49)29-45-12-8-13-46(28-45)31-63-55-22-24-58-51(20-17-44-10-4-3-5-11-44)33-60(55)70(58)40-68(41-77)64-25-27-69-26-7-6-14-48-15-9-16-52(39-76)56(48)35-62(75-2)57-34-53(71(69,42-78)61-36-65(79)84-66(57)61)38-73(69,81)72(64,80)37-54-32-50(43)21-23-59(67(70)83-63)74(54,68)82/h3-5,8-13,15-16,28,36,41,43,47,49-51,53-55,57-60,62-64,66-67,75-76,78,80-82H,7,17-27,29-35,37-40,42H2,1-2H3/t43-,47+,49+,50-,51-,53-,54-,55+,57-,58-,59+,60-,62+,63+,64+,66-,67+,68-,69+,70-,71+,72-,73+,74-/m0/s1. The Morgan fingerprint density at radius 3 is 2.39 bits per heavy atom. The third-order valence-corrected chi connectivity index (χ3v) is 28.8. The Balaban J connectivity index is 0.887. The first-order valence-electron chi connectivity index (χ1n) is 33.5. The van der Waals surface area contributed by atoms with Crippen LogP contribution in [0.25, 0.3) is 0 Å². The summed E-state index contributed by atoms with van der Waals surface area (Å²) in [6, 6.07) is 26.1. The minimum Gasteiger partial charge on any atom is -0.454 e.